The van der Waals surface area contributed by atoms with Crippen molar-refractivity contribution < 1.29 is 13.6 Å². The molecule has 134 valence electrons. The Labute approximate surface area is 140 Å². The highest BCUT2D eigenvalue weighted by Gasteiger charge is 2.19. The standard InChI is InChI=1S/C15H24F2N6O/c1-2-18-15(20-6-4-9-22-8-3-5-13(22)24)21-11-12-19-7-10-23(12)14(16)17/h7,10,14H,2-6,8-9,11H2,1H3,(H2,18,20,21). The number of imidazole rings is 1. The lowest BCUT2D eigenvalue weighted by Gasteiger charge is -2.16. The lowest BCUT2D eigenvalue weighted by molar-refractivity contribution is -0.127. The van der Waals surface area contributed by atoms with Gasteiger partial charge in [-0.05, 0) is 19.8 Å². The molecule has 0 aliphatic carbocycles. The first kappa shape index (κ1) is 18.2. The number of carbonyl (C=O) groups is 1. The summed E-state index contributed by atoms with van der Waals surface area (Å²) < 4.78 is 26.3. The first-order chi connectivity index (χ1) is 11.6. The van der Waals surface area contributed by atoms with Gasteiger partial charge in [0.25, 0.3) is 0 Å². The highest BCUT2D eigenvalue weighted by atomic mass is 19.3. The van der Waals surface area contributed by atoms with E-state index in [0.717, 1.165) is 30.5 Å². The Kier molecular flexibility index (Phi) is 6.95. The predicted molar refractivity (Wildman–Crippen MR) is 86.7 cm³/mol. The molecule has 0 atom stereocenters. The minimum atomic E-state index is -2.62. The van der Waals surface area contributed by atoms with Gasteiger partial charge in [-0.1, -0.05) is 0 Å². The second kappa shape index (κ2) is 9.19. The number of hydrogen-bond donors (Lipinski definition) is 2. The van der Waals surface area contributed by atoms with Gasteiger partial charge in [-0.2, -0.15) is 8.78 Å². The summed E-state index contributed by atoms with van der Waals surface area (Å²) in [6.07, 6.45) is 4.97. The summed E-state index contributed by atoms with van der Waals surface area (Å²) in [6.45, 7) is 2.26. The molecule has 1 aromatic rings. The van der Waals surface area contributed by atoms with E-state index < -0.39 is 6.55 Å². The minimum Gasteiger partial charge on any atom is -0.357 e. The van der Waals surface area contributed by atoms with Crippen molar-refractivity contribution in [1.82, 2.24) is 25.1 Å². The number of aromatic nitrogens is 2. The zero-order valence-electron chi connectivity index (χ0n) is 13.8. The van der Waals surface area contributed by atoms with Crippen LogP contribution in [0.25, 0.3) is 0 Å². The van der Waals surface area contributed by atoms with Crippen LogP contribution in [0.4, 0.5) is 8.78 Å². The van der Waals surface area contributed by atoms with Gasteiger partial charge in [0, 0.05) is 45.0 Å². The van der Waals surface area contributed by atoms with Crippen LogP contribution >= 0.6 is 0 Å². The minimum absolute atomic E-state index is 0.0668. The van der Waals surface area contributed by atoms with Gasteiger partial charge >= 0.3 is 6.55 Å². The van der Waals surface area contributed by atoms with Crippen LogP contribution < -0.4 is 10.6 Å². The molecule has 1 aliphatic rings. The summed E-state index contributed by atoms with van der Waals surface area (Å²) in [7, 11) is 0. The second-order valence-corrected chi connectivity index (χ2v) is 5.49. The number of halogens is 2. The van der Waals surface area contributed by atoms with E-state index in [4.69, 9.17) is 0 Å². The summed E-state index contributed by atoms with van der Waals surface area (Å²) in [5, 5.41) is 6.21. The Morgan fingerprint density at radius 1 is 1.46 bits per heavy atom. The van der Waals surface area contributed by atoms with E-state index in [9.17, 15) is 13.6 Å². The van der Waals surface area contributed by atoms with Gasteiger partial charge in [0.05, 0.1) is 0 Å². The molecule has 24 heavy (non-hydrogen) atoms. The molecule has 0 unspecified atom stereocenters. The number of carbonyl (C=O) groups excluding carboxylic acids is 1. The van der Waals surface area contributed by atoms with E-state index in [-0.39, 0.29) is 18.3 Å². The van der Waals surface area contributed by atoms with Crippen LogP contribution in [0, 0.1) is 0 Å². The van der Waals surface area contributed by atoms with E-state index in [2.05, 4.69) is 20.6 Å². The summed E-state index contributed by atoms with van der Waals surface area (Å²) in [5.74, 6) is 0.980. The topological polar surface area (TPSA) is 74.6 Å². The maximum Gasteiger partial charge on any atom is 0.319 e. The number of nitrogens with zero attached hydrogens (tertiary/aromatic N) is 4. The van der Waals surface area contributed by atoms with Gasteiger partial charge in [0.15, 0.2) is 5.96 Å². The van der Waals surface area contributed by atoms with Crippen molar-refractivity contribution in [3.63, 3.8) is 0 Å². The molecule has 1 aromatic heterocycles. The van der Waals surface area contributed by atoms with Crippen LogP contribution in [0.15, 0.2) is 17.4 Å². The van der Waals surface area contributed by atoms with Gasteiger partial charge in [-0.3, -0.25) is 9.36 Å². The number of likely N-dealkylation sites (tertiary alicyclic amines) is 1. The second-order valence-electron chi connectivity index (χ2n) is 5.49. The molecule has 1 aliphatic heterocycles. The summed E-state index contributed by atoms with van der Waals surface area (Å²) >= 11 is 0. The molecule has 2 N–H and O–H groups in total. The molecule has 2 heterocycles. The molecule has 1 amide bonds. The van der Waals surface area contributed by atoms with E-state index in [0.29, 0.717) is 25.5 Å². The number of amides is 1. The van der Waals surface area contributed by atoms with Crippen molar-refractivity contribution in [1.29, 1.82) is 0 Å². The zero-order chi connectivity index (χ0) is 17.4. The Balaban J connectivity index is 1.79. The summed E-state index contributed by atoms with van der Waals surface area (Å²) in [6, 6.07) is 0. The molecular formula is C15H24F2N6O. The van der Waals surface area contributed by atoms with Crippen LogP contribution in [-0.2, 0) is 11.3 Å². The molecule has 1 saturated heterocycles. The highest BCUT2D eigenvalue weighted by molar-refractivity contribution is 5.79. The van der Waals surface area contributed by atoms with Crippen molar-refractivity contribution in [2.75, 3.05) is 26.2 Å². The van der Waals surface area contributed by atoms with Crippen LogP contribution in [0.3, 0.4) is 0 Å². The van der Waals surface area contributed by atoms with Gasteiger partial charge < -0.3 is 15.5 Å². The summed E-state index contributed by atoms with van der Waals surface area (Å²) in [4.78, 5) is 21.6. The quantitative estimate of drug-likeness (QED) is 0.425. The Morgan fingerprint density at radius 3 is 2.96 bits per heavy atom. The van der Waals surface area contributed by atoms with Crippen LogP contribution in [0.5, 0.6) is 0 Å². The number of guanidine groups is 1. The van der Waals surface area contributed by atoms with Gasteiger partial charge in [0.1, 0.15) is 12.4 Å². The van der Waals surface area contributed by atoms with E-state index in [1.54, 1.807) is 0 Å². The molecule has 9 heteroatoms. The molecular weight excluding hydrogens is 318 g/mol. The fourth-order valence-electron chi connectivity index (χ4n) is 2.55. The summed E-state index contributed by atoms with van der Waals surface area (Å²) in [5.41, 5.74) is 0. The fourth-order valence-corrected chi connectivity index (χ4v) is 2.55. The highest BCUT2D eigenvalue weighted by Crippen LogP contribution is 2.12. The molecule has 0 spiro atoms. The van der Waals surface area contributed by atoms with Gasteiger partial charge in [0.2, 0.25) is 5.91 Å². The Hall–Kier alpha value is -2.19. The van der Waals surface area contributed by atoms with Crippen molar-refractivity contribution in [2.45, 2.75) is 39.3 Å². The maximum atomic E-state index is 12.8. The lowest BCUT2D eigenvalue weighted by Crippen LogP contribution is -2.39. The first-order valence-electron chi connectivity index (χ1n) is 8.21. The van der Waals surface area contributed by atoms with E-state index in [1.165, 1.54) is 12.4 Å². The van der Waals surface area contributed by atoms with E-state index in [1.807, 2.05) is 11.8 Å². The normalized spacial score (nSPS) is 15.4. The number of hydrogen-bond acceptors (Lipinski definition) is 3. The average Bonchev–Trinajstić information content (AvgIpc) is 3.18. The van der Waals surface area contributed by atoms with Crippen molar-refractivity contribution in [3.05, 3.63) is 18.2 Å². The number of nitrogens with one attached hydrogen (secondary N) is 2. The third-order valence-corrected chi connectivity index (χ3v) is 3.75. The third-order valence-electron chi connectivity index (χ3n) is 3.75. The molecule has 0 bridgehead atoms. The first-order valence-corrected chi connectivity index (χ1v) is 8.21. The third kappa shape index (κ3) is 5.17. The average molecular weight is 342 g/mol. The molecule has 0 saturated carbocycles. The molecule has 7 nitrogen and oxygen atoms in total. The van der Waals surface area contributed by atoms with Crippen LogP contribution in [0.1, 0.15) is 38.6 Å². The molecule has 0 radical (unpaired) electrons. The number of rotatable bonds is 8. The fraction of sp³-hybridized carbons (Fsp3) is 0.667. The maximum absolute atomic E-state index is 12.8. The van der Waals surface area contributed by atoms with Crippen molar-refractivity contribution in [2.24, 2.45) is 4.99 Å². The van der Waals surface area contributed by atoms with Gasteiger partial charge in [-0.15, -0.1) is 0 Å². The zero-order valence-corrected chi connectivity index (χ0v) is 13.8. The lowest BCUT2D eigenvalue weighted by atomic mass is 10.4. The number of alkyl halides is 2. The molecule has 2 rings (SSSR count). The van der Waals surface area contributed by atoms with Crippen LogP contribution in [0.2, 0.25) is 0 Å². The van der Waals surface area contributed by atoms with Crippen molar-refractivity contribution in [3.8, 4) is 0 Å². The molecule has 1 fully saturated rings. The van der Waals surface area contributed by atoms with Crippen molar-refractivity contribution >= 4 is 11.9 Å². The van der Waals surface area contributed by atoms with Gasteiger partial charge in [-0.25, -0.2) is 9.98 Å². The number of aliphatic imine (C=N–C) groups is 1. The largest absolute Gasteiger partial charge is 0.357 e. The van der Waals surface area contributed by atoms with E-state index >= 15 is 0 Å². The smallest absolute Gasteiger partial charge is 0.319 e. The van der Waals surface area contributed by atoms with Crippen LogP contribution in [-0.4, -0.2) is 52.5 Å². The molecule has 0 aromatic carbocycles. The Morgan fingerprint density at radius 2 is 2.29 bits per heavy atom. The Bertz CT molecular complexity index is 560. The monoisotopic (exact) mass is 342 g/mol. The SMILES string of the molecule is CCNC(=NCc1nccn1C(F)F)NCCCN1CCCC1=O. The predicted octanol–water partition coefficient (Wildman–Crippen LogP) is 1.35.